The van der Waals surface area contributed by atoms with Crippen LogP contribution in [0.15, 0.2) is 11.2 Å². The minimum Gasteiger partial charge on any atom is -0.361 e. The molecule has 0 aromatic heterocycles. The Morgan fingerprint density at radius 1 is 1.36 bits per heavy atom. The van der Waals surface area contributed by atoms with Crippen LogP contribution in [0.3, 0.4) is 0 Å². The summed E-state index contributed by atoms with van der Waals surface area (Å²) < 4.78 is 51.7. The highest BCUT2D eigenvalue weighted by molar-refractivity contribution is 7.96. The van der Waals surface area contributed by atoms with Gasteiger partial charge in [-0.15, -0.1) is 0 Å². The standard InChI is InChI=1S/C6H8O6S2/c7-13(8)4-3-5(11-13)1-2-6-12-14(6,9)10/h2,5H,1,3-4H2. The molecule has 2 aliphatic rings. The second-order valence-corrected chi connectivity index (χ2v) is 6.26. The Kier molecular flexibility index (Phi) is 2.09. The molecule has 2 rings (SSSR count). The average Bonchev–Trinajstić information content (AvgIpc) is 2.48. The molecule has 0 aromatic carbocycles. The first-order valence-corrected chi connectivity index (χ1v) is 6.93. The van der Waals surface area contributed by atoms with Crippen molar-refractivity contribution in [2.45, 2.75) is 18.9 Å². The lowest BCUT2D eigenvalue weighted by atomic mass is 10.2. The molecule has 0 aromatic rings. The van der Waals surface area contributed by atoms with E-state index in [0.717, 1.165) is 0 Å². The molecule has 0 amide bonds. The van der Waals surface area contributed by atoms with Crippen molar-refractivity contribution < 1.29 is 25.2 Å². The predicted molar refractivity (Wildman–Crippen MR) is 46.0 cm³/mol. The summed E-state index contributed by atoms with van der Waals surface area (Å²) in [6.07, 6.45) is 1.52. The Morgan fingerprint density at radius 2 is 2.00 bits per heavy atom. The summed E-state index contributed by atoms with van der Waals surface area (Å²) in [7, 11) is -6.79. The van der Waals surface area contributed by atoms with Gasteiger partial charge in [-0.25, -0.2) is 0 Å². The lowest BCUT2D eigenvalue weighted by molar-refractivity contribution is 0.239. The number of hydrogen-bond donors (Lipinski definition) is 0. The van der Waals surface area contributed by atoms with E-state index in [9.17, 15) is 16.8 Å². The van der Waals surface area contributed by atoms with E-state index >= 15 is 0 Å². The molecule has 0 radical (unpaired) electrons. The zero-order chi connectivity index (χ0) is 10.4. The van der Waals surface area contributed by atoms with Crippen LogP contribution in [0.2, 0.25) is 0 Å². The maximum absolute atomic E-state index is 10.8. The van der Waals surface area contributed by atoms with Crippen molar-refractivity contribution in [2.24, 2.45) is 0 Å². The molecule has 1 unspecified atom stereocenters. The van der Waals surface area contributed by atoms with Crippen molar-refractivity contribution in [1.82, 2.24) is 0 Å². The molecular weight excluding hydrogens is 232 g/mol. The van der Waals surface area contributed by atoms with Gasteiger partial charge in [0.2, 0.25) is 0 Å². The van der Waals surface area contributed by atoms with Crippen LogP contribution in [-0.2, 0) is 28.6 Å². The van der Waals surface area contributed by atoms with Gasteiger partial charge in [-0.05, 0) is 18.9 Å². The maximum atomic E-state index is 10.8. The smallest absolute Gasteiger partial charge is 0.361 e. The second-order valence-electron chi connectivity index (χ2n) is 3.07. The molecule has 1 atom stereocenters. The van der Waals surface area contributed by atoms with Crippen LogP contribution >= 0.6 is 0 Å². The van der Waals surface area contributed by atoms with Gasteiger partial charge >= 0.3 is 10.1 Å². The molecule has 2 saturated heterocycles. The largest absolute Gasteiger partial charge is 0.374 e. The Hall–Kier alpha value is -0.600. The summed E-state index contributed by atoms with van der Waals surface area (Å²) in [6.45, 7) is 0. The van der Waals surface area contributed by atoms with Gasteiger partial charge in [0.25, 0.3) is 15.2 Å². The first-order chi connectivity index (χ1) is 6.39. The maximum Gasteiger partial charge on any atom is 0.374 e. The van der Waals surface area contributed by atoms with Gasteiger partial charge in [-0.1, -0.05) is 0 Å². The molecule has 0 saturated carbocycles. The van der Waals surface area contributed by atoms with E-state index in [4.69, 9.17) is 0 Å². The van der Waals surface area contributed by atoms with Gasteiger partial charge in [-0.2, -0.15) is 16.8 Å². The van der Waals surface area contributed by atoms with E-state index < -0.39 is 26.3 Å². The van der Waals surface area contributed by atoms with Crippen molar-refractivity contribution in [2.75, 3.05) is 5.75 Å². The summed E-state index contributed by atoms with van der Waals surface area (Å²) in [5.74, 6) is -0.00551. The van der Waals surface area contributed by atoms with Gasteiger partial charge in [-0.3, -0.25) is 4.18 Å². The fourth-order valence-corrected chi connectivity index (χ4v) is 3.15. The van der Waals surface area contributed by atoms with E-state index in [1.54, 1.807) is 0 Å². The second kappa shape index (κ2) is 2.94. The van der Waals surface area contributed by atoms with Crippen LogP contribution in [0.1, 0.15) is 12.8 Å². The normalized spacial score (nSPS) is 35.4. The summed E-state index contributed by atoms with van der Waals surface area (Å²) in [5.41, 5.74) is 0. The SMILES string of the molecule is O=S1(=O)CCC(CC=C2OS2(=O)=O)O1. The predicted octanol–water partition coefficient (Wildman–Crippen LogP) is -0.303. The monoisotopic (exact) mass is 240 g/mol. The van der Waals surface area contributed by atoms with Crippen LogP contribution < -0.4 is 0 Å². The Morgan fingerprint density at radius 3 is 2.43 bits per heavy atom. The lowest BCUT2D eigenvalue weighted by Crippen LogP contribution is -2.05. The number of rotatable bonds is 2. The van der Waals surface area contributed by atoms with E-state index in [0.29, 0.717) is 6.42 Å². The number of hydrogen-bond acceptors (Lipinski definition) is 6. The molecule has 2 aliphatic heterocycles. The van der Waals surface area contributed by atoms with Crippen LogP contribution in [-0.4, -0.2) is 28.7 Å². The van der Waals surface area contributed by atoms with Gasteiger partial charge in [0.15, 0.2) is 0 Å². The lowest BCUT2D eigenvalue weighted by Gasteiger charge is -2.00. The van der Waals surface area contributed by atoms with Crippen molar-refractivity contribution >= 4 is 20.2 Å². The van der Waals surface area contributed by atoms with E-state index in [1.807, 2.05) is 0 Å². The zero-order valence-electron chi connectivity index (χ0n) is 7.04. The van der Waals surface area contributed by atoms with Gasteiger partial charge in [0, 0.05) is 0 Å². The molecule has 8 heteroatoms. The van der Waals surface area contributed by atoms with Crippen LogP contribution in [0, 0.1) is 0 Å². The Balaban J connectivity index is 1.93. The summed E-state index contributed by atoms with van der Waals surface area (Å²) in [5, 5.41) is -0.0922. The molecule has 2 heterocycles. The molecule has 80 valence electrons. The molecule has 0 N–H and O–H groups in total. The fraction of sp³-hybridized carbons (Fsp3) is 0.667. The third-order valence-electron chi connectivity index (χ3n) is 1.93. The highest BCUT2D eigenvalue weighted by atomic mass is 32.2. The van der Waals surface area contributed by atoms with Crippen molar-refractivity contribution in [3.05, 3.63) is 11.2 Å². The quantitative estimate of drug-likeness (QED) is 0.486. The highest BCUT2D eigenvalue weighted by Crippen LogP contribution is 2.31. The summed E-state index contributed by atoms with van der Waals surface area (Å²) in [4.78, 5) is 0. The summed E-state index contributed by atoms with van der Waals surface area (Å²) in [6, 6.07) is 0. The Bertz CT molecular complexity index is 470. The van der Waals surface area contributed by atoms with Crippen LogP contribution in [0.25, 0.3) is 0 Å². The van der Waals surface area contributed by atoms with Gasteiger partial charge in [0.1, 0.15) is 0 Å². The topological polar surface area (TPSA) is 90.0 Å². The zero-order valence-corrected chi connectivity index (χ0v) is 8.68. The van der Waals surface area contributed by atoms with E-state index in [2.05, 4.69) is 8.37 Å². The third kappa shape index (κ3) is 2.07. The minimum absolute atomic E-state index is 0.00551. The molecule has 14 heavy (non-hydrogen) atoms. The Labute approximate surface area is 81.8 Å². The molecule has 6 nitrogen and oxygen atoms in total. The molecule has 0 spiro atoms. The summed E-state index contributed by atoms with van der Waals surface area (Å²) >= 11 is 0. The molecule has 0 bridgehead atoms. The first kappa shape index (κ1) is 9.94. The van der Waals surface area contributed by atoms with Crippen LogP contribution in [0.5, 0.6) is 0 Å². The fourth-order valence-electron chi connectivity index (χ4n) is 1.19. The molecule has 0 aliphatic carbocycles. The van der Waals surface area contributed by atoms with Crippen molar-refractivity contribution in [3.63, 3.8) is 0 Å². The first-order valence-electron chi connectivity index (χ1n) is 3.95. The average molecular weight is 240 g/mol. The van der Waals surface area contributed by atoms with E-state index in [1.165, 1.54) is 6.08 Å². The van der Waals surface area contributed by atoms with Crippen molar-refractivity contribution in [1.29, 1.82) is 0 Å². The third-order valence-corrected chi connectivity index (χ3v) is 4.22. The molecular formula is C6H8O6S2. The van der Waals surface area contributed by atoms with E-state index in [-0.39, 0.29) is 17.3 Å². The van der Waals surface area contributed by atoms with Gasteiger partial charge in [0.05, 0.1) is 11.9 Å². The minimum atomic E-state index is -3.42. The highest BCUT2D eigenvalue weighted by Gasteiger charge is 2.40. The van der Waals surface area contributed by atoms with Crippen LogP contribution in [0.4, 0.5) is 0 Å². The van der Waals surface area contributed by atoms with Gasteiger partial charge < -0.3 is 4.18 Å². The molecule has 2 fully saturated rings. The van der Waals surface area contributed by atoms with Crippen molar-refractivity contribution in [3.8, 4) is 0 Å².